The van der Waals surface area contributed by atoms with Crippen LogP contribution < -0.4 is 4.74 Å². The number of methoxy groups -OCH3 is 1. The Morgan fingerprint density at radius 1 is 1.06 bits per heavy atom. The number of carbonyl (C=O) groups excluding carboxylic acids is 1. The Balaban J connectivity index is 1.80. The van der Waals surface area contributed by atoms with Gasteiger partial charge in [0.05, 0.1) is 24.6 Å². The van der Waals surface area contributed by atoms with Crippen molar-refractivity contribution in [1.82, 2.24) is 9.21 Å². The van der Waals surface area contributed by atoms with Gasteiger partial charge in [-0.3, -0.25) is 4.79 Å². The van der Waals surface area contributed by atoms with Crippen LogP contribution >= 0.6 is 0 Å². The predicted molar refractivity (Wildman–Crippen MR) is 122 cm³/mol. The summed E-state index contributed by atoms with van der Waals surface area (Å²) in [4.78, 5) is 15.3. The molecule has 0 saturated carbocycles. The first-order valence-corrected chi connectivity index (χ1v) is 12.1. The standard InChI is InChI=1S/C24H32N2O4S/c1-18-9-14-22(16-19(18)2)31(28,29)25(3)17-24(27)26-15-7-5-6-8-23(26)20-10-12-21(30-4)13-11-20/h9-14,16,23H,5-8,15,17H2,1-4H3. The molecule has 6 nitrogen and oxygen atoms in total. The van der Waals surface area contributed by atoms with E-state index in [1.807, 2.05) is 43.0 Å². The first kappa shape index (κ1) is 23.3. The second kappa shape index (κ2) is 9.83. The van der Waals surface area contributed by atoms with Gasteiger partial charge in [0.15, 0.2) is 0 Å². The third kappa shape index (κ3) is 5.28. The SMILES string of the molecule is COc1ccc(C2CCCCCN2C(=O)CN(C)S(=O)(=O)c2ccc(C)c(C)c2)cc1. The van der Waals surface area contributed by atoms with Crippen LogP contribution in [0.2, 0.25) is 0 Å². The van der Waals surface area contributed by atoms with Crippen molar-refractivity contribution < 1.29 is 17.9 Å². The maximum Gasteiger partial charge on any atom is 0.243 e. The molecule has 2 aromatic rings. The van der Waals surface area contributed by atoms with E-state index >= 15 is 0 Å². The highest BCUT2D eigenvalue weighted by molar-refractivity contribution is 7.89. The molecule has 0 spiro atoms. The normalized spacial score (nSPS) is 17.5. The summed E-state index contributed by atoms with van der Waals surface area (Å²) < 4.78 is 32.5. The highest BCUT2D eigenvalue weighted by atomic mass is 32.2. The van der Waals surface area contributed by atoms with Crippen LogP contribution in [0.15, 0.2) is 47.4 Å². The van der Waals surface area contributed by atoms with Crippen molar-refractivity contribution >= 4 is 15.9 Å². The van der Waals surface area contributed by atoms with Gasteiger partial charge in [-0.15, -0.1) is 0 Å². The first-order valence-electron chi connectivity index (χ1n) is 10.7. The Bertz CT molecular complexity index is 1020. The molecule has 1 aliphatic heterocycles. The molecular weight excluding hydrogens is 412 g/mol. The van der Waals surface area contributed by atoms with E-state index in [9.17, 15) is 13.2 Å². The van der Waals surface area contributed by atoms with Crippen molar-refractivity contribution in [3.05, 3.63) is 59.2 Å². The number of benzene rings is 2. The van der Waals surface area contributed by atoms with Crippen LogP contribution in [0.4, 0.5) is 0 Å². The number of nitrogens with zero attached hydrogens (tertiary/aromatic N) is 2. The minimum Gasteiger partial charge on any atom is -0.497 e. The Hall–Kier alpha value is -2.38. The van der Waals surface area contributed by atoms with E-state index in [0.29, 0.717) is 6.54 Å². The molecule has 0 radical (unpaired) electrons. The number of rotatable bonds is 6. The number of hydrogen-bond acceptors (Lipinski definition) is 4. The molecule has 1 fully saturated rings. The average molecular weight is 445 g/mol. The van der Waals surface area contributed by atoms with Crippen LogP contribution in [0.5, 0.6) is 5.75 Å². The first-order chi connectivity index (χ1) is 14.7. The molecule has 31 heavy (non-hydrogen) atoms. The van der Waals surface area contributed by atoms with Gasteiger partial charge in [0.2, 0.25) is 15.9 Å². The summed E-state index contributed by atoms with van der Waals surface area (Å²) in [5.41, 5.74) is 2.99. The summed E-state index contributed by atoms with van der Waals surface area (Å²) >= 11 is 0. The molecule has 168 valence electrons. The minimum atomic E-state index is -3.74. The largest absolute Gasteiger partial charge is 0.497 e. The lowest BCUT2D eigenvalue weighted by Crippen LogP contribution is -2.42. The molecular formula is C24H32N2O4S. The Morgan fingerprint density at radius 3 is 2.42 bits per heavy atom. The zero-order valence-electron chi connectivity index (χ0n) is 18.8. The zero-order valence-corrected chi connectivity index (χ0v) is 19.6. The molecule has 3 rings (SSSR count). The fourth-order valence-corrected chi connectivity index (χ4v) is 5.21. The molecule has 1 aliphatic rings. The highest BCUT2D eigenvalue weighted by Crippen LogP contribution is 2.31. The Morgan fingerprint density at radius 2 is 1.77 bits per heavy atom. The summed E-state index contributed by atoms with van der Waals surface area (Å²) in [5, 5.41) is 0. The van der Waals surface area contributed by atoms with Gasteiger partial charge in [-0.05, 0) is 67.6 Å². The van der Waals surface area contributed by atoms with E-state index in [4.69, 9.17) is 4.74 Å². The van der Waals surface area contributed by atoms with E-state index in [0.717, 1.165) is 52.4 Å². The van der Waals surface area contributed by atoms with Crippen LogP contribution in [0, 0.1) is 13.8 Å². The quantitative estimate of drug-likeness (QED) is 0.673. The number of carbonyl (C=O) groups is 1. The number of likely N-dealkylation sites (tertiary alicyclic amines) is 1. The van der Waals surface area contributed by atoms with Gasteiger partial charge >= 0.3 is 0 Å². The van der Waals surface area contributed by atoms with Gasteiger partial charge in [0, 0.05) is 13.6 Å². The van der Waals surface area contributed by atoms with E-state index in [1.54, 1.807) is 25.3 Å². The van der Waals surface area contributed by atoms with Crippen molar-refractivity contribution in [3.63, 3.8) is 0 Å². The summed E-state index contributed by atoms with van der Waals surface area (Å²) in [6.07, 6.45) is 3.89. The van der Waals surface area contributed by atoms with Crippen LogP contribution in [-0.4, -0.2) is 50.8 Å². The summed E-state index contributed by atoms with van der Waals surface area (Å²) in [5.74, 6) is 0.604. The maximum absolute atomic E-state index is 13.3. The Kier molecular flexibility index (Phi) is 7.38. The van der Waals surface area contributed by atoms with E-state index in [2.05, 4.69) is 0 Å². The van der Waals surface area contributed by atoms with Gasteiger partial charge in [0.25, 0.3) is 0 Å². The van der Waals surface area contributed by atoms with Gasteiger partial charge in [-0.2, -0.15) is 4.31 Å². The smallest absolute Gasteiger partial charge is 0.243 e. The van der Waals surface area contributed by atoms with Gasteiger partial charge < -0.3 is 9.64 Å². The lowest BCUT2D eigenvalue weighted by atomic mass is 10.0. The maximum atomic E-state index is 13.3. The van der Waals surface area contributed by atoms with Crippen molar-refractivity contribution in [2.24, 2.45) is 0 Å². The average Bonchev–Trinajstić information content (AvgIpc) is 3.01. The number of hydrogen-bond donors (Lipinski definition) is 0. The minimum absolute atomic E-state index is 0.0568. The molecule has 1 amide bonds. The van der Waals surface area contributed by atoms with Crippen molar-refractivity contribution in [2.45, 2.75) is 50.5 Å². The molecule has 0 bridgehead atoms. The molecule has 0 aromatic heterocycles. The van der Waals surface area contributed by atoms with Crippen LogP contribution in [0.3, 0.4) is 0 Å². The fourth-order valence-electron chi connectivity index (χ4n) is 4.00. The zero-order chi connectivity index (χ0) is 22.6. The van der Waals surface area contributed by atoms with Crippen LogP contribution in [0.25, 0.3) is 0 Å². The molecule has 7 heteroatoms. The highest BCUT2D eigenvalue weighted by Gasteiger charge is 2.30. The number of amides is 1. The topological polar surface area (TPSA) is 66.9 Å². The van der Waals surface area contributed by atoms with Gasteiger partial charge in [-0.25, -0.2) is 8.42 Å². The fraction of sp³-hybridized carbons (Fsp3) is 0.458. The molecule has 0 N–H and O–H groups in total. The van der Waals surface area contributed by atoms with Crippen molar-refractivity contribution in [3.8, 4) is 5.75 Å². The van der Waals surface area contributed by atoms with Crippen LogP contribution in [0.1, 0.15) is 48.4 Å². The van der Waals surface area contributed by atoms with Gasteiger partial charge in [-0.1, -0.05) is 31.0 Å². The summed E-state index contributed by atoms with van der Waals surface area (Å²) in [6, 6.07) is 12.8. The lowest BCUT2D eigenvalue weighted by Gasteiger charge is -2.32. The third-order valence-corrected chi connectivity index (χ3v) is 7.92. The monoisotopic (exact) mass is 444 g/mol. The van der Waals surface area contributed by atoms with Crippen molar-refractivity contribution in [1.29, 1.82) is 0 Å². The predicted octanol–water partition coefficient (Wildman–Crippen LogP) is 4.08. The Labute approximate surface area is 185 Å². The van der Waals surface area contributed by atoms with E-state index < -0.39 is 10.0 Å². The molecule has 1 atom stereocenters. The molecule has 1 saturated heterocycles. The molecule has 0 aliphatic carbocycles. The molecule has 2 aromatic carbocycles. The number of aryl methyl sites for hydroxylation is 2. The third-order valence-electron chi connectivity index (χ3n) is 6.12. The lowest BCUT2D eigenvalue weighted by molar-refractivity contribution is -0.133. The van der Waals surface area contributed by atoms with Crippen LogP contribution in [-0.2, 0) is 14.8 Å². The molecule has 1 heterocycles. The van der Waals surface area contributed by atoms with Crippen molar-refractivity contribution in [2.75, 3.05) is 27.2 Å². The second-order valence-corrected chi connectivity index (χ2v) is 10.3. The second-order valence-electron chi connectivity index (χ2n) is 8.23. The molecule has 1 unspecified atom stereocenters. The number of ether oxygens (including phenoxy) is 1. The van der Waals surface area contributed by atoms with Gasteiger partial charge in [0.1, 0.15) is 5.75 Å². The number of sulfonamides is 1. The van der Waals surface area contributed by atoms with E-state index in [-0.39, 0.29) is 23.4 Å². The summed E-state index contributed by atoms with van der Waals surface area (Å²) in [6.45, 7) is 4.28. The van der Waals surface area contributed by atoms with E-state index in [1.165, 1.54) is 7.05 Å². The number of likely N-dealkylation sites (N-methyl/N-ethyl adjacent to an activating group) is 1. The summed E-state index contributed by atoms with van der Waals surface area (Å²) in [7, 11) is -0.641.